The number of benzene rings is 3. The molecular weight excluding hydrogens is 484 g/mol. The number of aromatic amines is 1. The molecule has 8 heteroatoms. The number of hydrogen-bond acceptors (Lipinski definition) is 6. The second-order valence-corrected chi connectivity index (χ2v) is 8.85. The Morgan fingerprint density at radius 2 is 1.74 bits per heavy atom. The summed E-state index contributed by atoms with van der Waals surface area (Å²) in [6.45, 7) is 2.00. The Morgan fingerprint density at radius 3 is 2.55 bits per heavy atom. The minimum atomic E-state index is -1.04. The molecule has 2 N–H and O–H groups in total. The monoisotopic (exact) mass is 510 g/mol. The normalized spacial score (nSPS) is 11.8. The molecule has 0 fully saturated rings. The van der Waals surface area contributed by atoms with Crippen molar-refractivity contribution in [1.29, 1.82) is 0 Å². The van der Waals surface area contributed by atoms with Crippen LogP contribution in [0.3, 0.4) is 0 Å². The van der Waals surface area contributed by atoms with Gasteiger partial charge in [0.1, 0.15) is 24.0 Å². The Hall–Kier alpha value is -4.85. The zero-order valence-corrected chi connectivity index (χ0v) is 20.7. The fourth-order valence-corrected chi connectivity index (χ4v) is 4.37. The van der Waals surface area contributed by atoms with Gasteiger partial charge >= 0.3 is 17.7 Å². The Kier molecular flexibility index (Phi) is 7.21. The number of ether oxygens (including phenoxy) is 2. The molecule has 0 radical (unpaired) electrons. The Bertz CT molecular complexity index is 1650. The smallest absolute Gasteiger partial charge is 0.408 e. The van der Waals surface area contributed by atoms with Crippen LogP contribution in [0.5, 0.6) is 5.75 Å². The van der Waals surface area contributed by atoms with Gasteiger partial charge in [-0.05, 0) is 41.3 Å². The second kappa shape index (κ2) is 11.0. The summed E-state index contributed by atoms with van der Waals surface area (Å²) in [5, 5.41) is 4.35. The number of nitrogens with one attached hydrogen (secondary N) is 2. The van der Waals surface area contributed by atoms with Crippen molar-refractivity contribution in [1.82, 2.24) is 10.3 Å². The number of fused-ring (bicyclic) bond motifs is 2. The van der Waals surface area contributed by atoms with E-state index in [-0.39, 0.29) is 18.8 Å². The van der Waals surface area contributed by atoms with E-state index < -0.39 is 23.7 Å². The van der Waals surface area contributed by atoms with Gasteiger partial charge in [0.05, 0.1) is 0 Å². The van der Waals surface area contributed by atoms with Crippen molar-refractivity contribution in [2.24, 2.45) is 0 Å². The van der Waals surface area contributed by atoms with Crippen LogP contribution in [0.4, 0.5) is 4.79 Å². The molecule has 1 unspecified atom stereocenters. The lowest BCUT2D eigenvalue weighted by molar-refractivity contribution is -0.136. The average Bonchev–Trinajstić information content (AvgIpc) is 3.34. The Labute approximate surface area is 218 Å². The van der Waals surface area contributed by atoms with E-state index in [1.54, 1.807) is 18.3 Å². The fourth-order valence-electron chi connectivity index (χ4n) is 4.37. The lowest BCUT2D eigenvalue weighted by Gasteiger charge is -2.18. The predicted molar refractivity (Wildman–Crippen MR) is 143 cm³/mol. The highest BCUT2D eigenvalue weighted by Gasteiger charge is 2.26. The molecule has 5 aromatic rings. The molecule has 0 saturated carbocycles. The first-order valence-electron chi connectivity index (χ1n) is 12.3. The predicted octanol–water partition coefficient (Wildman–Crippen LogP) is 5.28. The molecule has 192 valence electrons. The molecule has 3 aromatic carbocycles. The van der Waals surface area contributed by atoms with Crippen LogP contribution < -0.4 is 15.7 Å². The number of carbonyl (C=O) groups excluding carboxylic acids is 2. The van der Waals surface area contributed by atoms with E-state index in [0.717, 1.165) is 33.0 Å². The number of esters is 1. The zero-order valence-electron chi connectivity index (χ0n) is 20.7. The van der Waals surface area contributed by atoms with Gasteiger partial charge in [-0.2, -0.15) is 0 Å². The number of carbonyl (C=O) groups is 2. The van der Waals surface area contributed by atoms with Crippen molar-refractivity contribution in [3.8, 4) is 5.75 Å². The zero-order chi connectivity index (χ0) is 26.5. The summed E-state index contributed by atoms with van der Waals surface area (Å²) in [4.78, 5) is 41.1. The summed E-state index contributed by atoms with van der Waals surface area (Å²) in [5.74, 6) is -0.484. The number of hydrogen-bond donors (Lipinski definition) is 2. The standard InChI is InChI=1S/C30H26N2O6/c1-2-20-15-28(33)38-27-16-22(12-13-24(20)27)37-29(34)26(14-21-17-31-25-11-7-6-10-23(21)25)32-30(35)36-18-19-8-4-3-5-9-19/h3-13,15-17,26,31H,2,14,18H2,1H3,(H,32,35). The molecule has 0 bridgehead atoms. The number of aryl methyl sites for hydroxylation is 1. The molecule has 2 heterocycles. The minimum absolute atomic E-state index is 0.0605. The van der Waals surface area contributed by atoms with Crippen LogP contribution in [0.1, 0.15) is 23.6 Å². The van der Waals surface area contributed by atoms with Crippen molar-refractivity contribution >= 4 is 33.9 Å². The van der Waals surface area contributed by atoms with Gasteiger partial charge in [0.25, 0.3) is 0 Å². The van der Waals surface area contributed by atoms with Crippen molar-refractivity contribution in [3.63, 3.8) is 0 Å². The highest BCUT2D eigenvalue weighted by atomic mass is 16.6. The van der Waals surface area contributed by atoms with Crippen LogP contribution in [-0.4, -0.2) is 23.1 Å². The molecule has 0 saturated heterocycles. The Morgan fingerprint density at radius 1 is 0.947 bits per heavy atom. The third kappa shape index (κ3) is 5.59. The summed E-state index contributed by atoms with van der Waals surface area (Å²) < 4.78 is 16.3. The lowest BCUT2D eigenvalue weighted by atomic mass is 10.0. The molecule has 5 rings (SSSR count). The summed E-state index contributed by atoms with van der Waals surface area (Å²) >= 11 is 0. The van der Waals surface area contributed by atoms with Gasteiger partial charge in [-0.15, -0.1) is 0 Å². The maximum Gasteiger partial charge on any atom is 0.408 e. The minimum Gasteiger partial charge on any atom is -0.445 e. The van der Waals surface area contributed by atoms with E-state index in [9.17, 15) is 14.4 Å². The first kappa shape index (κ1) is 24.8. The average molecular weight is 511 g/mol. The molecule has 0 spiro atoms. The number of H-pyrrole nitrogens is 1. The molecule has 0 aliphatic carbocycles. The first-order chi connectivity index (χ1) is 18.5. The van der Waals surface area contributed by atoms with Gasteiger partial charge in [-0.1, -0.05) is 55.5 Å². The van der Waals surface area contributed by atoms with Crippen LogP contribution in [-0.2, 0) is 29.0 Å². The molecule has 38 heavy (non-hydrogen) atoms. The SMILES string of the molecule is CCc1cc(=O)oc2cc(OC(=O)C(Cc3c[nH]c4ccccc34)NC(=O)OCc3ccccc3)ccc12. The number of aromatic nitrogens is 1. The largest absolute Gasteiger partial charge is 0.445 e. The number of rotatable bonds is 8. The molecular formula is C30H26N2O6. The maximum absolute atomic E-state index is 13.3. The lowest BCUT2D eigenvalue weighted by Crippen LogP contribution is -2.44. The van der Waals surface area contributed by atoms with Gasteiger partial charge in [-0.25, -0.2) is 14.4 Å². The summed E-state index contributed by atoms with van der Waals surface area (Å²) in [7, 11) is 0. The fraction of sp³-hybridized carbons (Fsp3) is 0.167. The third-order valence-electron chi connectivity index (χ3n) is 6.29. The highest BCUT2D eigenvalue weighted by Crippen LogP contribution is 2.24. The molecule has 1 amide bonds. The second-order valence-electron chi connectivity index (χ2n) is 8.85. The van der Waals surface area contributed by atoms with E-state index in [1.807, 2.05) is 61.5 Å². The molecule has 8 nitrogen and oxygen atoms in total. The van der Waals surface area contributed by atoms with Crippen molar-refractivity contribution in [2.75, 3.05) is 0 Å². The van der Waals surface area contributed by atoms with E-state index in [1.165, 1.54) is 12.1 Å². The summed E-state index contributed by atoms with van der Waals surface area (Å²) in [6, 6.07) is 22.2. The third-order valence-corrected chi connectivity index (χ3v) is 6.29. The summed E-state index contributed by atoms with van der Waals surface area (Å²) in [6.07, 6.45) is 1.89. The van der Waals surface area contributed by atoms with E-state index in [4.69, 9.17) is 13.9 Å². The van der Waals surface area contributed by atoms with Gasteiger partial charge in [0.15, 0.2) is 0 Å². The van der Waals surface area contributed by atoms with E-state index >= 15 is 0 Å². The van der Waals surface area contributed by atoms with Crippen molar-refractivity contribution in [2.45, 2.75) is 32.4 Å². The van der Waals surface area contributed by atoms with Crippen molar-refractivity contribution < 1.29 is 23.5 Å². The maximum atomic E-state index is 13.3. The number of para-hydroxylation sites is 1. The van der Waals surface area contributed by atoms with Crippen LogP contribution in [0.25, 0.3) is 21.9 Å². The molecule has 2 aromatic heterocycles. The van der Waals surface area contributed by atoms with Crippen LogP contribution in [0.2, 0.25) is 0 Å². The van der Waals surface area contributed by atoms with Gasteiger partial charge in [0, 0.05) is 41.0 Å². The first-order valence-corrected chi connectivity index (χ1v) is 12.3. The quantitative estimate of drug-likeness (QED) is 0.167. The molecule has 1 atom stereocenters. The Balaban J connectivity index is 1.37. The highest BCUT2D eigenvalue weighted by molar-refractivity contribution is 5.88. The molecule has 0 aliphatic heterocycles. The van der Waals surface area contributed by atoms with Crippen LogP contribution in [0.15, 0.2) is 94.3 Å². The van der Waals surface area contributed by atoms with E-state index in [2.05, 4.69) is 10.3 Å². The number of amides is 1. The summed E-state index contributed by atoms with van der Waals surface area (Å²) in [5.41, 5.74) is 3.26. The van der Waals surface area contributed by atoms with Crippen LogP contribution in [0, 0.1) is 0 Å². The topological polar surface area (TPSA) is 111 Å². The van der Waals surface area contributed by atoms with Crippen LogP contribution >= 0.6 is 0 Å². The van der Waals surface area contributed by atoms with Crippen molar-refractivity contribution in [3.05, 3.63) is 112 Å². The van der Waals surface area contributed by atoms with E-state index in [0.29, 0.717) is 12.0 Å². The van der Waals surface area contributed by atoms with Gasteiger partial charge in [0.2, 0.25) is 0 Å². The number of alkyl carbamates (subject to hydrolysis) is 1. The van der Waals surface area contributed by atoms with Gasteiger partial charge in [-0.3, -0.25) is 0 Å². The van der Waals surface area contributed by atoms with Gasteiger partial charge < -0.3 is 24.2 Å². The molecule has 0 aliphatic rings.